The summed E-state index contributed by atoms with van der Waals surface area (Å²) in [5, 5.41) is 3.26. The topological polar surface area (TPSA) is 63.0 Å². The van der Waals surface area contributed by atoms with Crippen LogP contribution in [0.3, 0.4) is 0 Å². The number of aromatic nitrogens is 1. The first-order chi connectivity index (χ1) is 8.38. The van der Waals surface area contributed by atoms with Gasteiger partial charge in [-0.3, -0.25) is 5.84 Å². The average Bonchev–Trinajstić information content (AvgIpc) is 2.41. The van der Waals surface area contributed by atoms with Gasteiger partial charge in [0.2, 0.25) is 0 Å². The Kier molecular flexibility index (Phi) is 3.94. The van der Waals surface area contributed by atoms with E-state index in [9.17, 15) is 0 Å². The lowest BCUT2D eigenvalue weighted by molar-refractivity contribution is 1.01. The van der Waals surface area contributed by atoms with Crippen molar-refractivity contribution in [2.75, 3.05) is 17.3 Å². The molecule has 0 spiro atoms. The second-order valence-electron chi connectivity index (χ2n) is 3.74. The molecule has 1 aromatic carbocycles. The van der Waals surface area contributed by atoms with Crippen molar-refractivity contribution >= 4 is 11.5 Å². The Balaban J connectivity index is 1.82. The number of hydrogen-bond donors (Lipinski definition) is 3. The van der Waals surface area contributed by atoms with Gasteiger partial charge in [-0.05, 0) is 24.1 Å². The van der Waals surface area contributed by atoms with E-state index in [4.69, 9.17) is 5.84 Å². The first kappa shape index (κ1) is 11.4. The normalized spacial score (nSPS) is 9.94. The maximum atomic E-state index is 5.27. The summed E-state index contributed by atoms with van der Waals surface area (Å²) in [5.41, 5.74) is 4.67. The van der Waals surface area contributed by atoms with E-state index in [1.165, 1.54) is 5.56 Å². The second kappa shape index (κ2) is 5.86. The molecule has 0 aliphatic carbocycles. The van der Waals surface area contributed by atoms with Gasteiger partial charge in [0.05, 0.1) is 11.9 Å². The van der Waals surface area contributed by atoms with Crippen LogP contribution < -0.4 is 16.6 Å². The van der Waals surface area contributed by atoms with Crippen molar-refractivity contribution in [3.8, 4) is 0 Å². The number of anilines is 2. The van der Waals surface area contributed by atoms with Gasteiger partial charge in [-0.25, -0.2) is 4.98 Å². The molecule has 0 bridgehead atoms. The lowest BCUT2D eigenvalue weighted by Crippen LogP contribution is -2.09. The Morgan fingerprint density at radius 2 is 1.88 bits per heavy atom. The largest absolute Gasteiger partial charge is 0.370 e. The third-order valence-corrected chi connectivity index (χ3v) is 2.49. The van der Waals surface area contributed by atoms with Crippen LogP contribution in [0.4, 0.5) is 11.5 Å². The average molecular weight is 228 g/mol. The minimum Gasteiger partial charge on any atom is -0.370 e. The lowest BCUT2D eigenvalue weighted by Gasteiger charge is -2.06. The highest BCUT2D eigenvalue weighted by Crippen LogP contribution is 2.08. The van der Waals surface area contributed by atoms with Gasteiger partial charge in [0.25, 0.3) is 0 Å². The summed E-state index contributed by atoms with van der Waals surface area (Å²) in [5.74, 6) is 6.13. The van der Waals surface area contributed by atoms with Crippen LogP contribution in [0.1, 0.15) is 5.56 Å². The third-order valence-electron chi connectivity index (χ3n) is 2.49. The fraction of sp³-hybridized carbons (Fsp3) is 0.154. The van der Waals surface area contributed by atoms with Gasteiger partial charge in [-0.15, -0.1) is 0 Å². The summed E-state index contributed by atoms with van der Waals surface area (Å²) in [6, 6.07) is 14.2. The summed E-state index contributed by atoms with van der Waals surface area (Å²) in [6.07, 6.45) is 2.68. The van der Waals surface area contributed by atoms with Crippen LogP contribution in [0.25, 0.3) is 0 Å². The Bertz CT molecular complexity index is 439. The quantitative estimate of drug-likeness (QED) is 0.541. The third kappa shape index (κ3) is 3.46. The van der Waals surface area contributed by atoms with E-state index >= 15 is 0 Å². The number of nitrogens with two attached hydrogens (primary N) is 1. The molecule has 0 saturated heterocycles. The fourth-order valence-corrected chi connectivity index (χ4v) is 1.56. The molecule has 4 heteroatoms. The lowest BCUT2D eigenvalue weighted by atomic mass is 10.1. The molecule has 0 unspecified atom stereocenters. The molecule has 1 heterocycles. The molecular weight excluding hydrogens is 212 g/mol. The summed E-state index contributed by atoms with van der Waals surface area (Å²) >= 11 is 0. The molecule has 0 atom stereocenters. The molecule has 0 aliphatic heterocycles. The zero-order valence-electron chi connectivity index (χ0n) is 9.56. The molecule has 88 valence electrons. The molecule has 0 aliphatic rings. The highest BCUT2D eigenvalue weighted by atomic mass is 15.2. The summed E-state index contributed by atoms with van der Waals surface area (Å²) < 4.78 is 0. The minimum absolute atomic E-state index is 0.804. The molecule has 4 N–H and O–H groups in total. The number of hydrogen-bond acceptors (Lipinski definition) is 4. The molecule has 0 fully saturated rings. The van der Waals surface area contributed by atoms with Gasteiger partial charge in [0, 0.05) is 6.54 Å². The van der Waals surface area contributed by atoms with E-state index in [1.54, 1.807) is 6.20 Å². The summed E-state index contributed by atoms with van der Waals surface area (Å²) in [6.45, 7) is 0.867. The molecule has 17 heavy (non-hydrogen) atoms. The van der Waals surface area contributed by atoms with Crippen molar-refractivity contribution in [2.45, 2.75) is 6.42 Å². The van der Waals surface area contributed by atoms with Crippen LogP contribution >= 0.6 is 0 Å². The van der Waals surface area contributed by atoms with E-state index in [2.05, 4.69) is 40.0 Å². The zero-order valence-corrected chi connectivity index (χ0v) is 9.56. The Labute approximate surface area is 101 Å². The SMILES string of the molecule is NNc1ccc(NCCc2ccccc2)nc1. The van der Waals surface area contributed by atoms with E-state index in [0.717, 1.165) is 24.5 Å². The van der Waals surface area contributed by atoms with Crippen molar-refractivity contribution in [1.82, 2.24) is 4.98 Å². The predicted octanol–water partition coefficient (Wildman–Crippen LogP) is 2.02. The van der Waals surface area contributed by atoms with Crippen LogP contribution in [0.15, 0.2) is 48.7 Å². The highest BCUT2D eigenvalue weighted by molar-refractivity contribution is 5.46. The van der Waals surface area contributed by atoms with Gasteiger partial charge in [0.1, 0.15) is 5.82 Å². The van der Waals surface area contributed by atoms with Gasteiger partial charge in [-0.1, -0.05) is 30.3 Å². The van der Waals surface area contributed by atoms with E-state index in [0.29, 0.717) is 0 Å². The molecule has 0 amide bonds. The smallest absolute Gasteiger partial charge is 0.126 e. The molecule has 1 aromatic heterocycles. The minimum atomic E-state index is 0.804. The van der Waals surface area contributed by atoms with Crippen molar-refractivity contribution in [2.24, 2.45) is 5.84 Å². The maximum absolute atomic E-state index is 5.27. The number of benzene rings is 1. The number of nitrogen functional groups attached to an aromatic ring is 1. The second-order valence-corrected chi connectivity index (χ2v) is 3.74. The van der Waals surface area contributed by atoms with Gasteiger partial charge in [-0.2, -0.15) is 0 Å². The van der Waals surface area contributed by atoms with E-state index in [1.807, 2.05) is 18.2 Å². The monoisotopic (exact) mass is 228 g/mol. The summed E-state index contributed by atoms with van der Waals surface area (Å²) in [4.78, 5) is 4.23. The van der Waals surface area contributed by atoms with Crippen LogP contribution in [-0.4, -0.2) is 11.5 Å². The number of hydrazine groups is 1. The molecule has 0 saturated carbocycles. The van der Waals surface area contributed by atoms with Crippen LogP contribution in [0, 0.1) is 0 Å². The molecule has 4 nitrogen and oxygen atoms in total. The van der Waals surface area contributed by atoms with Crippen LogP contribution in [0.2, 0.25) is 0 Å². The molecule has 2 aromatic rings. The molecule has 2 rings (SSSR count). The van der Waals surface area contributed by atoms with Gasteiger partial charge in [0.15, 0.2) is 0 Å². The van der Waals surface area contributed by atoms with Crippen molar-refractivity contribution in [1.29, 1.82) is 0 Å². The highest BCUT2D eigenvalue weighted by Gasteiger charge is 1.95. The molecular formula is C13H16N4. The standard InChI is InChI=1S/C13H16N4/c14-17-12-6-7-13(16-10-12)15-9-8-11-4-2-1-3-5-11/h1-7,10,17H,8-9,14H2,(H,15,16). The van der Waals surface area contributed by atoms with Crippen LogP contribution in [0.5, 0.6) is 0 Å². The number of nitrogens with zero attached hydrogens (tertiary/aromatic N) is 1. The number of rotatable bonds is 5. The van der Waals surface area contributed by atoms with E-state index < -0.39 is 0 Å². The van der Waals surface area contributed by atoms with Crippen molar-refractivity contribution in [3.63, 3.8) is 0 Å². The maximum Gasteiger partial charge on any atom is 0.126 e. The first-order valence-electron chi connectivity index (χ1n) is 5.59. The first-order valence-corrected chi connectivity index (χ1v) is 5.59. The Morgan fingerprint density at radius 1 is 1.06 bits per heavy atom. The summed E-state index contributed by atoms with van der Waals surface area (Å²) in [7, 11) is 0. The molecule has 0 radical (unpaired) electrons. The Morgan fingerprint density at radius 3 is 2.53 bits per heavy atom. The Hall–Kier alpha value is -2.07. The zero-order chi connectivity index (χ0) is 11.9. The number of nitrogens with one attached hydrogen (secondary N) is 2. The van der Waals surface area contributed by atoms with Gasteiger partial charge < -0.3 is 10.7 Å². The van der Waals surface area contributed by atoms with E-state index in [-0.39, 0.29) is 0 Å². The predicted molar refractivity (Wildman–Crippen MR) is 70.7 cm³/mol. The van der Waals surface area contributed by atoms with Crippen molar-refractivity contribution in [3.05, 3.63) is 54.2 Å². The number of pyridine rings is 1. The fourth-order valence-electron chi connectivity index (χ4n) is 1.56. The van der Waals surface area contributed by atoms with Crippen LogP contribution in [-0.2, 0) is 6.42 Å². The van der Waals surface area contributed by atoms with Gasteiger partial charge >= 0.3 is 0 Å². The van der Waals surface area contributed by atoms with Crippen molar-refractivity contribution < 1.29 is 0 Å².